The van der Waals surface area contributed by atoms with E-state index < -0.39 is 0 Å². The van der Waals surface area contributed by atoms with E-state index in [1.807, 2.05) is 12.1 Å². The first-order valence-corrected chi connectivity index (χ1v) is 6.52. The van der Waals surface area contributed by atoms with Crippen LogP contribution < -0.4 is 5.32 Å². The average molecular weight is 223 g/mol. The lowest BCUT2D eigenvalue weighted by Gasteiger charge is -2.20. The number of nitrogens with one attached hydrogen (secondary N) is 1. The molecule has 0 saturated carbocycles. The second kappa shape index (κ2) is 7.50. The second-order valence-corrected chi connectivity index (χ2v) is 4.64. The van der Waals surface area contributed by atoms with Gasteiger partial charge in [-0.1, -0.05) is 27.2 Å². The van der Waals surface area contributed by atoms with Gasteiger partial charge in [-0.3, -0.25) is 0 Å². The average Bonchev–Trinajstić information content (AvgIpc) is 2.80. The van der Waals surface area contributed by atoms with Crippen LogP contribution in [0, 0.1) is 5.92 Å². The van der Waals surface area contributed by atoms with E-state index in [1.165, 1.54) is 19.3 Å². The molecule has 2 nitrogen and oxygen atoms in total. The van der Waals surface area contributed by atoms with Crippen LogP contribution in [-0.4, -0.2) is 12.6 Å². The first kappa shape index (κ1) is 13.3. The Labute approximate surface area is 99.4 Å². The Kier molecular flexibility index (Phi) is 6.24. The molecule has 1 rings (SSSR count). The van der Waals surface area contributed by atoms with Crippen molar-refractivity contribution in [2.45, 2.75) is 52.5 Å². The van der Waals surface area contributed by atoms with E-state index in [1.54, 1.807) is 6.26 Å². The van der Waals surface area contributed by atoms with Crippen LogP contribution in [0.1, 0.15) is 45.8 Å². The van der Waals surface area contributed by atoms with Crippen molar-refractivity contribution in [1.82, 2.24) is 5.32 Å². The zero-order chi connectivity index (χ0) is 11.8. The highest BCUT2D eigenvalue weighted by Crippen LogP contribution is 2.12. The molecule has 0 aliphatic carbocycles. The molecular weight excluding hydrogens is 198 g/mol. The normalized spacial score (nSPS) is 14.9. The Balaban J connectivity index is 2.18. The monoisotopic (exact) mass is 223 g/mol. The minimum Gasteiger partial charge on any atom is -0.469 e. The van der Waals surface area contributed by atoms with Crippen molar-refractivity contribution in [3.8, 4) is 0 Å². The van der Waals surface area contributed by atoms with Crippen molar-refractivity contribution < 1.29 is 4.42 Å². The molecule has 2 unspecified atom stereocenters. The van der Waals surface area contributed by atoms with E-state index in [4.69, 9.17) is 4.42 Å². The summed E-state index contributed by atoms with van der Waals surface area (Å²) in [6, 6.07) is 4.65. The Morgan fingerprint density at radius 2 is 2.12 bits per heavy atom. The molecular formula is C14H25NO. The van der Waals surface area contributed by atoms with E-state index in [2.05, 4.69) is 26.1 Å². The Bertz CT molecular complexity index is 256. The van der Waals surface area contributed by atoms with Gasteiger partial charge in [-0.2, -0.15) is 0 Å². The lowest BCUT2D eigenvalue weighted by Crippen LogP contribution is -2.31. The fraction of sp³-hybridized carbons (Fsp3) is 0.714. The molecule has 92 valence electrons. The lowest BCUT2D eigenvalue weighted by atomic mass is 9.98. The summed E-state index contributed by atoms with van der Waals surface area (Å²) in [4.78, 5) is 0. The molecule has 16 heavy (non-hydrogen) atoms. The molecule has 0 aliphatic rings. The summed E-state index contributed by atoms with van der Waals surface area (Å²) < 4.78 is 5.31. The fourth-order valence-corrected chi connectivity index (χ4v) is 1.90. The number of hydrogen-bond acceptors (Lipinski definition) is 2. The minimum absolute atomic E-state index is 0.657. The molecule has 0 radical (unpaired) electrons. The van der Waals surface area contributed by atoms with E-state index >= 15 is 0 Å². The van der Waals surface area contributed by atoms with Crippen LogP contribution >= 0.6 is 0 Å². The van der Waals surface area contributed by atoms with Crippen molar-refractivity contribution in [3.63, 3.8) is 0 Å². The summed E-state index contributed by atoms with van der Waals surface area (Å²) in [6.45, 7) is 7.87. The van der Waals surface area contributed by atoms with Crippen molar-refractivity contribution in [2.75, 3.05) is 6.54 Å². The van der Waals surface area contributed by atoms with Crippen LogP contribution in [0.25, 0.3) is 0 Å². The predicted octanol–water partition coefficient (Wildman–Crippen LogP) is 3.63. The Hall–Kier alpha value is -0.760. The first-order valence-electron chi connectivity index (χ1n) is 6.52. The Morgan fingerprint density at radius 3 is 2.69 bits per heavy atom. The maximum Gasteiger partial charge on any atom is 0.105 e. The van der Waals surface area contributed by atoms with Gasteiger partial charge in [0.1, 0.15) is 5.76 Å². The van der Waals surface area contributed by atoms with E-state index in [0.29, 0.717) is 6.04 Å². The van der Waals surface area contributed by atoms with Gasteiger partial charge < -0.3 is 9.73 Å². The third kappa shape index (κ3) is 4.84. The smallest absolute Gasteiger partial charge is 0.105 e. The molecule has 2 heteroatoms. The van der Waals surface area contributed by atoms with Gasteiger partial charge in [0.05, 0.1) is 6.26 Å². The summed E-state index contributed by atoms with van der Waals surface area (Å²) in [6.07, 6.45) is 6.50. The van der Waals surface area contributed by atoms with Crippen LogP contribution in [0.2, 0.25) is 0 Å². The van der Waals surface area contributed by atoms with Crippen LogP contribution in [0.5, 0.6) is 0 Å². The summed E-state index contributed by atoms with van der Waals surface area (Å²) in [5.41, 5.74) is 0. The molecule has 1 aromatic heterocycles. The van der Waals surface area contributed by atoms with Gasteiger partial charge in [-0.25, -0.2) is 0 Å². The first-order chi connectivity index (χ1) is 7.76. The van der Waals surface area contributed by atoms with Gasteiger partial charge >= 0.3 is 0 Å². The van der Waals surface area contributed by atoms with Crippen molar-refractivity contribution in [3.05, 3.63) is 24.2 Å². The summed E-state index contributed by atoms with van der Waals surface area (Å²) in [7, 11) is 0. The second-order valence-electron chi connectivity index (χ2n) is 4.64. The molecule has 0 bridgehead atoms. The van der Waals surface area contributed by atoms with E-state index in [9.17, 15) is 0 Å². The number of furan rings is 1. The fourth-order valence-electron chi connectivity index (χ4n) is 1.90. The molecule has 0 aliphatic heterocycles. The maximum atomic E-state index is 5.31. The third-order valence-corrected chi connectivity index (χ3v) is 3.26. The van der Waals surface area contributed by atoms with Gasteiger partial charge in [0.25, 0.3) is 0 Å². The highest BCUT2D eigenvalue weighted by molar-refractivity contribution is 4.98. The van der Waals surface area contributed by atoms with Crippen LogP contribution in [-0.2, 0) is 6.42 Å². The molecule has 1 heterocycles. The SMILES string of the molecule is CCC(C)CC(CC)NCCc1ccco1. The largest absolute Gasteiger partial charge is 0.469 e. The van der Waals surface area contributed by atoms with Crippen LogP contribution in [0.4, 0.5) is 0 Å². The van der Waals surface area contributed by atoms with Gasteiger partial charge in [0, 0.05) is 19.0 Å². The standard InChI is InChI=1S/C14H25NO/c1-4-12(3)11-13(5-2)15-9-8-14-7-6-10-16-14/h6-7,10,12-13,15H,4-5,8-9,11H2,1-3H3. The summed E-state index contributed by atoms with van der Waals surface area (Å²) in [5, 5.41) is 3.61. The zero-order valence-corrected chi connectivity index (χ0v) is 10.8. The van der Waals surface area contributed by atoms with Crippen molar-refractivity contribution >= 4 is 0 Å². The summed E-state index contributed by atoms with van der Waals surface area (Å²) in [5.74, 6) is 1.90. The number of rotatable bonds is 8. The molecule has 0 aromatic carbocycles. The minimum atomic E-state index is 0.657. The van der Waals surface area contributed by atoms with Gasteiger partial charge in [-0.15, -0.1) is 0 Å². The molecule has 2 atom stereocenters. The van der Waals surface area contributed by atoms with Crippen LogP contribution in [0.3, 0.4) is 0 Å². The van der Waals surface area contributed by atoms with Crippen molar-refractivity contribution in [1.29, 1.82) is 0 Å². The predicted molar refractivity (Wildman–Crippen MR) is 68.6 cm³/mol. The van der Waals surface area contributed by atoms with Crippen molar-refractivity contribution in [2.24, 2.45) is 5.92 Å². The summed E-state index contributed by atoms with van der Waals surface area (Å²) >= 11 is 0. The van der Waals surface area contributed by atoms with Gasteiger partial charge in [0.15, 0.2) is 0 Å². The molecule has 1 aromatic rings. The Morgan fingerprint density at radius 1 is 1.31 bits per heavy atom. The molecule has 0 fully saturated rings. The lowest BCUT2D eigenvalue weighted by molar-refractivity contribution is 0.381. The highest BCUT2D eigenvalue weighted by Gasteiger charge is 2.09. The van der Waals surface area contributed by atoms with E-state index in [0.717, 1.165) is 24.6 Å². The molecule has 0 amide bonds. The maximum absolute atomic E-state index is 5.31. The van der Waals surface area contributed by atoms with Gasteiger partial charge in [-0.05, 0) is 30.9 Å². The molecule has 0 spiro atoms. The third-order valence-electron chi connectivity index (χ3n) is 3.26. The van der Waals surface area contributed by atoms with Gasteiger partial charge in [0.2, 0.25) is 0 Å². The molecule has 0 saturated heterocycles. The van der Waals surface area contributed by atoms with Crippen LogP contribution in [0.15, 0.2) is 22.8 Å². The van der Waals surface area contributed by atoms with E-state index in [-0.39, 0.29) is 0 Å². The topological polar surface area (TPSA) is 25.2 Å². The number of hydrogen-bond donors (Lipinski definition) is 1. The highest BCUT2D eigenvalue weighted by atomic mass is 16.3. The zero-order valence-electron chi connectivity index (χ0n) is 10.8. The molecule has 1 N–H and O–H groups in total. The quantitative estimate of drug-likeness (QED) is 0.728.